The van der Waals surface area contributed by atoms with E-state index in [0.29, 0.717) is 0 Å². The summed E-state index contributed by atoms with van der Waals surface area (Å²) >= 11 is 1.52. The standard InChI is InChI=1S/C11H18N6S/c1-11(2,3)17-10(13-14-15-17)8-16(4)7-9-5-6-12-18-9/h5-6H,7-8H2,1-4H3. The molecule has 0 aliphatic heterocycles. The number of aromatic nitrogens is 5. The summed E-state index contributed by atoms with van der Waals surface area (Å²) in [6, 6.07) is 2.04. The highest BCUT2D eigenvalue weighted by Gasteiger charge is 2.20. The maximum absolute atomic E-state index is 4.10. The molecule has 7 heteroatoms. The van der Waals surface area contributed by atoms with Gasteiger partial charge in [-0.1, -0.05) is 0 Å². The number of hydrogen-bond donors (Lipinski definition) is 0. The minimum atomic E-state index is -0.0931. The quantitative estimate of drug-likeness (QED) is 0.839. The van der Waals surface area contributed by atoms with Crippen molar-refractivity contribution in [2.24, 2.45) is 0 Å². The second-order valence-corrected chi connectivity index (χ2v) is 6.25. The van der Waals surface area contributed by atoms with Gasteiger partial charge in [0.25, 0.3) is 0 Å². The highest BCUT2D eigenvalue weighted by Crippen LogP contribution is 2.15. The average Bonchev–Trinajstić information content (AvgIpc) is 2.87. The summed E-state index contributed by atoms with van der Waals surface area (Å²) < 4.78 is 5.97. The van der Waals surface area contributed by atoms with Crippen molar-refractivity contribution in [3.63, 3.8) is 0 Å². The fourth-order valence-electron chi connectivity index (χ4n) is 1.71. The van der Waals surface area contributed by atoms with Gasteiger partial charge in [0.2, 0.25) is 0 Å². The molecule has 0 saturated heterocycles. The Hall–Kier alpha value is -1.34. The third-order valence-corrected chi connectivity index (χ3v) is 3.22. The molecule has 98 valence electrons. The van der Waals surface area contributed by atoms with Crippen molar-refractivity contribution in [2.75, 3.05) is 7.05 Å². The second-order valence-electron chi connectivity index (χ2n) is 5.33. The SMILES string of the molecule is CN(Cc1ccns1)Cc1nnnn1C(C)(C)C. The lowest BCUT2D eigenvalue weighted by Crippen LogP contribution is -2.28. The van der Waals surface area contributed by atoms with Crippen LogP contribution in [-0.2, 0) is 18.6 Å². The molecule has 2 rings (SSSR count). The maximum Gasteiger partial charge on any atom is 0.165 e. The summed E-state index contributed by atoms with van der Waals surface area (Å²) in [5, 5.41) is 11.9. The molecule has 2 aromatic rings. The Kier molecular flexibility index (Phi) is 3.72. The lowest BCUT2D eigenvalue weighted by atomic mass is 10.1. The van der Waals surface area contributed by atoms with E-state index in [4.69, 9.17) is 0 Å². The summed E-state index contributed by atoms with van der Waals surface area (Å²) in [5.41, 5.74) is -0.0931. The van der Waals surface area contributed by atoms with Crippen LogP contribution < -0.4 is 0 Å². The van der Waals surface area contributed by atoms with Gasteiger partial charge >= 0.3 is 0 Å². The molecule has 0 amide bonds. The Labute approximate surface area is 111 Å². The molecule has 2 aromatic heterocycles. The Morgan fingerprint density at radius 3 is 2.72 bits per heavy atom. The summed E-state index contributed by atoms with van der Waals surface area (Å²) in [7, 11) is 2.06. The zero-order chi connectivity index (χ0) is 13.2. The number of tetrazole rings is 1. The van der Waals surface area contributed by atoms with Crippen molar-refractivity contribution in [1.82, 2.24) is 29.5 Å². The largest absolute Gasteiger partial charge is 0.294 e. The van der Waals surface area contributed by atoms with E-state index in [2.05, 4.69) is 52.6 Å². The van der Waals surface area contributed by atoms with Crippen LogP contribution in [0, 0.1) is 0 Å². The predicted molar refractivity (Wildman–Crippen MR) is 70.1 cm³/mol. The predicted octanol–water partition coefficient (Wildman–Crippen LogP) is 1.52. The van der Waals surface area contributed by atoms with Crippen molar-refractivity contribution in [3.05, 3.63) is 23.0 Å². The van der Waals surface area contributed by atoms with E-state index >= 15 is 0 Å². The molecular weight excluding hydrogens is 248 g/mol. The highest BCUT2D eigenvalue weighted by atomic mass is 32.1. The first-order valence-electron chi connectivity index (χ1n) is 5.82. The van der Waals surface area contributed by atoms with Gasteiger partial charge in [-0.3, -0.25) is 4.90 Å². The zero-order valence-corrected chi connectivity index (χ0v) is 12.0. The highest BCUT2D eigenvalue weighted by molar-refractivity contribution is 7.05. The molecule has 6 nitrogen and oxygen atoms in total. The van der Waals surface area contributed by atoms with Gasteiger partial charge in [-0.2, -0.15) is 0 Å². The van der Waals surface area contributed by atoms with Gasteiger partial charge in [0.1, 0.15) is 0 Å². The molecule has 0 aliphatic rings. The van der Waals surface area contributed by atoms with Gasteiger partial charge in [-0.05, 0) is 55.8 Å². The first kappa shape index (κ1) is 13.1. The van der Waals surface area contributed by atoms with E-state index in [1.165, 1.54) is 16.4 Å². The van der Waals surface area contributed by atoms with Crippen LogP contribution in [0.5, 0.6) is 0 Å². The van der Waals surface area contributed by atoms with E-state index in [0.717, 1.165) is 18.9 Å². The molecule has 0 bridgehead atoms. The van der Waals surface area contributed by atoms with Crippen LogP contribution in [0.25, 0.3) is 0 Å². The Morgan fingerprint density at radius 1 is 1.33 bits per heavy atom. The van der Waals surface area contributed by atoms with E-state index in [1.807, 2.05) is 16.9 Å². The molecule has 0 aliphatic carbocycles. The Morgan fingerprint density at radius 2 is 2.11 bits per heavy atom. The van der Waals surface area contributed by atoms with Crippen molar-refractivity contribution in [2.45, 2.75) is 39.4 Å². The van der Waals surface area contributed by atoms with Gasteiger partial charge in [-0.15, -0.1) is 5.10 Å². The molecule has 0 unspecified atom stereocenters. The first-order chi connectivity index (χ1) is 8.47. The van der Waals surface area contributed by atoms with E-state index in [1.54, 1.807) is 0 Å². The smallest absolute Gasteiger partial charge is 0.165 e. The minimum Gasteiger partial charge on any atom is -0.294 e. The fraction of sp³-hybridized carbons (Fsp3) is 0.636. The lowest BCUT2D eigenvalue weighted by molar-refractivity contribution is 0.275. The van der Waals surface area contributed by atoms with Crippen LogP contribution in [0.2, 0.25) is 0 Å². The normalized spacial score (nSPS) is 12.3. The lowest BCUT2D eigenvalue weighted by Gasteiger charge is -2.22. The maximum atomic E-state index is 4.10. The van der Waals surface area contributed by atoms with Gasteiger partial charge in [0.15, 0.2) is 5.82 Å². The second kappa shape index (κ2) is 5.11. The molecule has 0 radical (unpaired) electrons. The van der Waals surface area contributed by atoms with Crippen LogP contribution in [0.1, 0.15) is 31.5 Å². The fourth-order valence-corrected chi connectivity index (χ4v) is 2.37. The molecule has 0 N–H and O–H groups in total. The number of hydrogen-bond acceptors (Lipinski definition) is 6. The molecule has 0 atom stereocenters. The van der Waals surface area contributed by atoms with Crippen LogP contribution in [0.3, 0.4) is 0 Å². The number of nitrogens with zero attached hydrogens (tertiary/aromatic N) is 6. The van der Waals surface area contributed by atoms with Crippen molar-refractivity contribution in [3.8, 4) is 0 Å². The third-order valence-electron chi connectivity index (χ3n) is 2.50. The topological polar surface area (TPSA) is 59.7 Å². The van der Waals surface area contributed by atoms with Gasteiger partial charge in [0, 0.05) is 17.6 Å². The molecule has 0 fully saturated rings. The minimum absolute atomic E-state index is 0.0931. The summed E-state index contributed by atoms with van der Waals surface area (Å²) in [4.78, 5) is 3.42. The average molecular weight is 266 g/mol. The zero-order valence-electron chi connectivity index (χ0n) is 11.2. The molecule has 0 saturated carbocycles. The van der Waals surface area contributed by atoms with Crippen molar-refractivity contribution in [1.29, 1.82) is 0 Å². The van der Waals surface area contributed by atoms with Crippen molar-refractivity contribution >= 4 is 11.5 Å². The van der Waals surface area contributed by atoms with E-state index in [-0.39, 0.29) is 5.54 Å². The van der Waals surface area contributed by atoms with Gasteiger partial charge in [0.05, 0.1) is 12.1 Å². The number of rotatable bonds is 4. The van der Waals surface area contributed by atoms with Crippen molar-refractivity contribution < 1.29 is 0 Å². The van der Waals surface area contributed by atoms with Crippen LogP contribution in [0.4, 0.5) is 0 Å². The third kappa shape index (κ3) is 3.11. The summed E-state index contributed by atoms with van der Waals surface area (Å²) in [6.07, 6.45) is 1.83. The Balaban J connectivity index is 2.03. The molecule has 18 heavy (non-hydrogen) atoms. The van der Waals surface area contributed by atoms with Gasteiger partial charge < -0.3 is 0 Å². The van der Waals surface area contributed by atoms with Crippen LogP contribution in [0.15, 0.2) is 12.3 Å². The monoisotopic (exact) mass is 266 g/mol. The molecule has 2 heterocycles. The molecule has 0 spiro atoms. The first-order valence-corrected chi connectivity index (χ1v) is 6.60. The van der Waals surface area contributed by atoms with E-state index in [9.17, 15) is 0 Å². The van der Waals surface area contributed by atoms with Gasteiger partial charge in [-0.25, -0.2) is 9.06 Å². The molecule has 0 aromatic carbocycles. The van der Waals surface area contributed by atoms with Crippen LogP contribution in [-0.4, -0.2) is 36.5 Å². The molecular formula is C11H18N6S. The summed E-state index contributed by atoms with van der Waals surface area (Å²) in [5.74, 6) is 0.884. The Bertz CT molecular complexity index is 484. The van der Waals surface area contributed by atoms with Crippen LogP contribution >= 0.6 is 11.5 Å². The summed E-state index contributed by atoms with van der Waals surface area (Å²) in [6.45, 7) is 7.87. The van der Waals surface area contributed by atoms with E-state index < -0.39 is 0 Å².